The number of benzene rings is 3. The van der Waals surface area contributed by atoms with Crippen LogP contribution in [0, 0.1) is 0 Å². The highest BCUT2D eigenvalue weighted by Gasteiger charge is 2.23. The molecule has 3 nitrogen and oxygen atoms in total. The van der Waals surface area contributed by atoms with Gasteiger partial charge >= 0.3 is 0 Å². The number of thioether (sulfide) groups is 1. The fourth-order valence-electron chi connectivity index (χ4n) is 3.86. The minimum atomic E-state index is 0.0893. The van der Waals surface area contributed by atoms with Crippen molar-refractivity contribution in [2.24, 2.45) is 0 Å². The fraction of sp³-hybridized carbons (Fsp3) is 0.269. The fourth-order valence-corrected chi connectivity index (χ4v) is 5.20. The summed E-state index contributed by atoms with van der Waals surface area (Å²) in [5.41, 5.74) is 3.35. The molecule has 0 N–H and O–H groups in total. The van der Waals surface area contributed by atoms with Gasteiger partial charge in [-0.25, -0.2) is 4.98 Å². The second kappa shape index (κ2) is 10.4. The lowest BCUT2D eigenvalue weighted by Crippen LogP contribution is -2.27. The first kappa shape index (κ1) is 21.9. The molecule has 1 heterocycles. The summed E-state index contributed by atoms with van der Waals surface area (Å²) in [5.74, 6) is 1.07. The Bertz CT molecular complexity index is 1110. The van der Waals surface area contributed by atoms with Crippen molar-refractivity contribution in [1.29, 1.82) is 0 Å². The summed E-state index contributed by atoms with van der Waals surface area (Å²) < 4.78 is 2.37. The third-order valence-corrected chi connectivity index (χ3v) is 7.11. The minimum Gasteiger partial charge on any atom is -0.325 e. The predicted molar refractivity (Wildman–Crippen MR) is 133 cm³/mol. The Balaban J connectivity index is 1.82. The minimum absolute atomic E-state index is 0.0893. The zero-order valence-corrected chi connectivity index (χ0v) is 19.6. The van der Waals surface area contributed by atoms with Gasteiger partial charge < -0.3 is 9.47 Å². The third kappa shape index (κ3) is 5.15. The molecule has 0 aliphatic carbocycles. The first-order valence-electron chi connectivity index (χ1n) is 10.8. The molecule has 0 radical (unpaired) electrons. The maximum Gasteiger partial charge on any atom is 0.127 e. The summed E-state index contributed by atoms with van der Waals surface area (Å²) in [4.78, 5) is 8.80. The Morgan fingerprint density at radius 2 is 1.61 bits per heavy atom. The molecule has 31 heavy (non-hydrogen) atoms. The molecule has 0 aliphatic heterocycles. The number of likely N-dealkylation sites (N-methyl/N-ethyl adjacent to an activating group) is 1. The van der Waals surface area contributed by atoms with Crippen LogP contribution in [-0.4, -0.2) is 34.1 Å². The van der Waals surface area contributed by atoms with Gasteiger partial charge in [-0.2, -0.15) is 0 Å². The summed E-state index contributed by atoms with van der Waals surface area (Å²) >= 11 is 8.23. The van der Waals surface area contributed by atoms with E-state index in [4.69, 9.17) is 16.6 Å². The van der Waals surface area contributed by atoms with E-state index in [1.807, 2.05) is 30.0 Å². The van der Waals surface area contributed by atoms with E-state index in [1.54, 1.807) is 0 Å². The van der Waals surface area contributed by atoms with E-state index in [2.05, 4.69) is 84.0 Å². The molecular weight excluding hydrogens is 422 g/mol. The molecule has 1 atom stereocenters. The van der Waals surface area contributed by atoms with Gasteiger partial charge in [0.25, 0.3) is 0 Å². The van der Waals surface area contributed by atoms with E-state index >= 15 is 0 Å². The lowest BCUT2D eigenvalue weighted by Gasteiger charge is -2.22. The zero-order chi connectivity index (χ0) is 21.6. The summed E-state index contributed by atoms with van der Waals surface area (Å²) in [6, 6.07) is 27.2. The van der Waals surface area contributed by atoms with Crippen LogP contribution in [0.15, 0.2) is 83.8 Å². The van der Waals surface area contributed by atoms with Gasteiger partial charge in [-0.1, -0.05) is 74.0 Å². The number of imidazole rings is 1. The smallest absolute Gasteiger partial charge is 0.127 e. The largest absolute Gasteiger partial charge is 0.325 e. The average Bonchev–Trinajstić information content (AvgIpc) is 3.17. The van der Waals surface area contributed by atoms with E-state index in [9.17, 15) is 0 Å². The molecule has 1 unspecified atom stereocenters. The Morgan fingerprint density at radius 1 is 0.935 bits per heavy atom. The van der Waals surface area contributed by atoms with Crippen molar-refractivity contribution in [3.8, 4) is 0 Å². The Labute approximate surface area is 194 Å². The van der Waals surface area contributed by atoms with Crippen LogP contribution in [0.2, 0.25) is 5.02 Å². The molecule has 5 heteroatoms. The summed E-state index contributed by atoms with van der Waals surface area (Å²) in [6.45, 7) is 8.37. The van der Waals surface area contributed by atoms with Gasteiger partial charge in [0, 0.05) is 23.0 Å². The van der Waals surface area contributed by atoms with Crippen molar-refractivity contribution in [3.05, 3.63) is 95.3 Å². The van der Waals surface area contributed by atoms with Crippen LogP contribution in [0.5, 0.6) is 0 Å². The maximum atomic E-state index is 6.39. The van der Waals surface area contributed by atoms with Crippen LogP contribution in [0.1, 0.15) is 30.5 Å². The van der Waals surface area contributed by atoms with Gasteiger partial charge in [-0.15, -0.1) is 11.8 Å². The molecule has 0 bridgehead atoms. The molecule has 0 aliphatic rings. The van der Waals surface area contributed by atoms with Crippen molar-refractivity contribution in [3.63, 3.8) is 0 Å². The number of halogens is 1. The van der Waals surface area contributed by atoms with Crippen LogP contribution in [0.3, 0.4) is 0 Å². The normalized spacial score (nSPS) is 12.5. The van der Waals surface area contributed by atoms with Crippen LogP contribution in [-0.2, 0) is 6.54 Å². The lowest BCUT2D eigenvalue weighted by molar-refractivity contribution is 0.290. The number of hydrogen-bond acceptors (Lipinski definition) is 3. The summed E-state index contributed by atoms with van der Waals surface area (Å²) in [5, 5.41) is 0.835. The number of fused-ring (bicyclic) bond motifs is 1. The van der Waals surface area contributed by atoms with Gasteiger partial charge in [0.05, 0.1) is 16.3 Å². The number of aromatic nitrogens is 2. The molecule has 0 saturated heterocycles. The van der Waals surface area contributed by atoms with Gasteiger partial charge in [-0.3, -0.25) is 0 Å². The van der Waals surface area contributed by atoms with Crippen molar-refractivity contribution in [2.45, 2.75) is 30.5 Å². The van der Waals surface area contributed by atoms with E-state index < -0.39 is 0 Å². The molecule has 1 aromatic heterocycles. The maximum absolute atomic E-state index is 6.39. The van der Waals surface area contributed by atoms with E-state index in [0.29, 0.717) is 0 Å². The number of rotatable bonds is 9. The summed E-state index contributed by atoms with van der Waals surface area (Å²) in [6.07, 6.45) is 0. The molecule has 4 rings (SSSR count). The highest BCUT2D eigenvalue weighted by Crippen LogP contribution is 2.41. The van der Waals surface area contributed by atoms with Crippen molar-refractivity contribution in [1.82, 2.24) is 14.5 Å². The average molecular weight is 450 g/mol. The zero-order valence-electron chi connectivity index (χ0n) is 18.0. The SMILES string of the molecule is CCN(CC)CCn1c(C(Sc2ccccc2)c2ccccc2)nc2ccc(Cl)cc21. The lowest BCUT2D eigenvalue weighted by atomic mass is 10.1. The van der Waals surface area contributed by atoms with Crippen LogP contribution >= 0.6 is 23.4 Å². The Kier molecular flexibility index (Phi) is 7.33. The third-order valence-electron chi connectivity index (χ3n) is 5.61. The van der Waals surface area contributed by atoms with Gasteiger partial charge in [0.2, 0.25) is 0 Å². The quantitative estimate of drug-likeness (QED) is 0.259. The van der Waals surface area contributed by atoms with Gasteiger partial charge in [0.1, 0.15) is 5.82 Å². The van der Waals surface area contributed by atoms with Crippen molar-refractivity contribution < 1.29 is 0 Å². The number of nitrogens with zero attached hydrogens (tertiary/aromatic N) is 3. The van der Waals surface area contributed by atoms with E-state index in [1.165, 1.54) is 10.5 Å². The number of hydrogen-bond donors (Lipinski definition) is 0. The highest BCUT2D eigenvalue weighted by molar-refractivity contribution is 7.99. The second-order valence-corrected chi connectivity index (χ2v) is 9.12. The van der Waals surface area contributed by atoms with Gasteiger partial charge in [0.15, 0.2) is 0 Å². The predicted octanol–water partition coefficient (Wildman–Crippen LogP) is 6.91. The van der Waals surface area contributed by atoms with Crippen molar-refractivity contribution >= 4 is 34.4 Å². The van der Waals surface area contributed by atoms with Crippen LogP contribution < -0.4 is 0 Å². The van der Waals surface area contributed by atoms with Gasteiger partial charge in [-0.05, 0) is 49.0 Å². The highest BCUT2D eigenvalue weighted by atomic mass is 35.5. The van der Waals surface area contributed by atoms with Crippen LogP contribution in [0.25, 0.3) is 11.0 Å². The molecule has 0 spiro atoms. The Hall–Kier alpha value is -2.27. The molecule has 0 saturated carbocycles. The molecule has 160 valence electrons. The molecular formula is C26H28ClN3S. The molecule has 4 aromatic rings. The molecule has 3 aromatic carbocycles. The van der Waals surface area contributed by atoms with Crippen LogP contribution in [0.4, 0.5) is 0 Å². The topological polar surface area (TPSA) is 21.1 Å². The second-order valence-electron chi connectivity index (χ2n) is 7.50. The van der Waals surface area contributed by atoms with Crippen molar-refractivity contribution in [2.75, 3.05) is 19.6 Å². The van der Waals surface area contributed by atoms with E-state index in [-0.39, 0.29) is 5.25 Å². The monoisotopic (exact) mass is 449 g/mol. The first-order valence-corrected chi connectivity index (χ1v) is 12.1. The standard InChI is InChI=1S/C26H28ClN3S/c1-3-29(4-2)17-18-30-24-19-21(27)15-16-23(24)28-26(30)25(20-11-7-5-8-12-20)31-22-13-9-6-10-14-22/h5-16,19,25H,3-4,17-18H2,1-2H3. The first-order chi connectivity index (χ1) is 15.2. The molecule has 0 amide bonds. The Morgan fingerprint density at radius 3 is 2.29 bits per heavy atom. The summed E-state index contributed by atoms with van der Waals surface area (Å²) in [7, 11) is 0. The molecule has 0 fully saturated rings. The van der Waals surface area contributed by atoms with E-state index in [0.717, 1.165) is 48.1 Å².